The summed E-state index contributed by atoms with van der Waals surface area (Å²) >= 11 is 0. The molecule has 0 radical (unpaired) electrons. The van der Waals surface area contributed by atoms with E-state index in [1.165, 1.54) is 44.2 Å². The molecule has 16 heavy (non-hydrogen) atoms. The van der Waals surface area contributed by atoms with Crippen molar-refractivity contribution in [2.24, 2.45) is 5.73 Å². The van der Waals surface area contributed by atoms with E-state index in [4.69, 9.17) is 5.73 Å². The highest BCUT2D eigenvalue weighted by atomic mass is 15.4. The molecule has 0 unspecified atom stereocenters. The molecule has 1 heterocycles. The van der Waals surface area contributed by atoms with Crippen molar-refractivity contribution in [1.82, 2.24) is 15.0 Å². The van der Waals surface area contributed by atoms with Gasteiger partial charge in [0.1, 0.15) is 0 Å². The summed E-state index contributed by atoms with van der Waals surface area (Å²) in [4.78, 5) is 0. The van der Waals surface area contributed by atoms with Crippen molar-refractivity contribution < 1.29 is 0 Å². The largest absolute Gasteiger partial charge is 0.330 e. The smallest absolute Gasteiger partial charge is 0.0874 e. The van der Waals surface area contributed by atoms with Crippen molar-refractivity contribution in [3.05, 3.63) is 11.4 Å². The highest BCUT2D eigenvalue weighted by Gasteiger charge is 2.33. The third-order valence-electron chi connectivity index (χ3n) is 3.82. The molecule has 0 saturated heterocycles. The van der Waals surface area contributed by atoms with Crippen molar-refractivity contribution in [2.75, 3.05) is 6.54 Å². The molecule has 88 valence electrons. The van der Waals surface area contributed by atoms with E-state index in [1.807, 2.05) is 0 Å². The molecule has 2 aliphatic rings. The Hall–Kier alpha value is -0.900. The van der Waals surface area contributed by atoms with Crippen LogP contribution in [0.2, 0.25) is 0 Å². The maximum Gasteiger partial charge on any atom is 0.0874 e. The maximum absolute atomic E-state index is 5.64. The zero-order chi connectivity index (χ0) is 11.0. The third kappa shape index (κ3) is 1.75. The van der Waals surface area contributed by atoms with Crippen molar-refractivity contribution in [2.45, 2.75) is 56.9 Å². The molecule has 1 aromatic rings. The van der Waals surface area contributed by atoms with Crippen LogP contribution in [0.4, 0.5) is 0 Å². The summed E-state index contributed by atoms with van der Waals surface area (Å²) in [5.74, 6) is 0.733. The number of hydrogen-bond donors (Lipinski definition) is 1. The van der Waals surface area contributed by atoms with Gasteiger partial charge in [0.05, 0.1) is 17.4 Å². The minimum atomic E-state index is 0.620. The highest BCUT2D eigenvalue weighted by Crippen LogP contribution is 2.43. The van der Waals surface area contributed by atoms with E-state index in [0.717, 1.165) is 18.0 Å². The lowest BCUT2D eigenvalue weighted by molar-refractivity contribution is 0.438. The van der Waals surface area contributed by atoms with Crippen molar-refractivity contribution in [3.63, 3.8) is 0 Å². The number of nitrogens with two attached hydrogens (primary N) is 1. The fraction of sp³-hybridized carbons (Fsp3) is 0.833. The Morgan fingerprint density at radius 3 is 2.56 bits per heavy atom. The van der Waals surface area contributed by atoms with Crippen LogP contribution in [0.15, 0.2) is 0 Å². The maximum atomic E-state index is 5.64. The topological polar surface area (TPSA) is 56.7 Å². The van der Waals surface area contributed by atoms with Crippen LogP contribution in [0.1, 0.15) is 61.9 Å². The van der Waals surface area contributed by atoms with Gasteiger partial charge in [-0.2, -0.15) is 0 Å². The molecule has 0 aromatic carbocycles. The van der Waals surface area contributed by atoms with Gasteiger partial charge in [0.25, 0.3) is 0 Å². The van der Waals surface area contributed by atoms with Crippen molar-refractivity contribution >= 4 is 0 Å². The summed E-state index contributed by atoms with van der Waals surface area (Å²) < 4.78 is 2.23. The molecule has 0 atom stereocenters. The van der Waals surface area contributed by atoms with E-state index in [-0.39, 0.29) is 0 Å². The van der Waals surface area contributed by atoms with Crippen molar-refractivity contribution in [3.8, 4) is 0 Å². The van der Waals surface area contributed by atoms with Gasteiger partial charge in [0.15, 0.2) is 0 Å². The van der Waals surface area contributed by atoms with Crippen LogP contribution in [0.25, 0.3) is 0 Å². The number of nitrogens with zero attached hydrogens (tertiary/aromatic N) is 3. The standard InChI is InChI=1S/C12H20N4/c13-8-7-11-12(9-5-6-9)16(15-14-11)10-3-1-2-4-10/h9-10H,1-8,13H2. The first-order chi connectivity index (χ1) is 7.90. The molecule has 1 aromatic heterocycles. The van der Waals surface area contributed by atoms with Crippen LogP contribution < -0.4 is 5.73 Å². The molecule has 4 heteroatoms. The van der Waals surface area contributed by atoms with Gasteiger partial charge in [-0.3, -0.25) is 0 Å². The quantitative estimate of drug-likeness (QED) is 0.841. The van der Waals surface area contributed by atoms with Gasteiger partial charge in [-0.1, -0.05) is 18.1 Å². The molecule has 2 saturated carbocycles. The molecule has 4 nitrogen and oxygen atoms in total. The molecular formula is C12H20N4. The summed E-state index contributed by atoms with van der Waals surface area (Å²) in [6.07, 6.45) is 8.78. The first-order valence-electron chi connectivity index (χ1n) is 6.54. The monoisotopic (exact) mass is 220 g/mol. The lowest BCUT2D eigenvalue weighted by Gasteiger charge is -2.13. The summed E-state index contributed by atoms with van der Waals surface area (Å²) in [5, 5.41) is 8.73. The Balaban J connectivity index is 1.90. The number of hydrogen-bond acceptors (Lipinski definition) is 3. The lowest BCUT2D eigenvalue weighted by atomic mass is 10.1. The second kappa shape index (κ2) is 4.17. The fourth-order valence-corrected chi connectivity index (χ4v) is 2.85. The van der Waals surface area contributed by atoms with Gasteiger partial charge >= 0.3 is 0 Å². The Labute approximate surface area is 96.2 Å². The van der Waals surface area contributed by atoms with E-state index >= 15 is 0 Å². The molecule has 0 amide bonds. The summed E-state index contributed by atoms with van der Waals surface area (Å²) in [5.41, 5.74) is 8.21. The predicted molar refractivity (Wildman–Crippen MR) is 62.3 cm³/mol. The molecule has 2 N–H and O–H groups in total. The van der Waals surface area contributed by atoms with E-state index in [9.17, 15) is 0 Å². The van der Waals surface area contributed by atoms with Gasteiger partial charge in [-0.25, -0.2) is 4.68 Å². The second-order valence-corrected chi connectivity index (χ2v) is 5.12. The normalized spacial score (nSPS) is 21.8. The minimum absolute atomic E-state index is 0.620. The van der Waals surface area contributed by atoms with Gasteiger partial charge < -0.3 is 5.73 Å². The fourth-order valence-electron chi connectivity index (χ4n) is 2.85. The second-order valence-electron chi connectivity index (χ2n) is 5.12. The van der Waals surface area contributed by atoms with Crippen molar-refractivity contribution in [1.29, 1.82) is 0 Å². The molecule has 3 rings (SSSR count). The van der Waals surface area contributed by atoms with Crippen LogP contribution in [0.3, 0.4) is 0 Å². The van der Waals surface area contributed by atoms with Crippen LogP contribution in [0, 0.1) is 0 Å². The van der Waals surface area contributed by atoms with E-state index in [1.54, 1.807) is 0 Å². The summed E-state index contributed by atoms with van der Waals surface area (Å²) in [6.45, 7) is 0.684. The summed E-state index contributed by atoms with van der Waals surface area (Å²) in [6, 6.07) is 0.620. The van der Waals surface area contributed by atoms with Crippen LogP contribution >= 0.6 is 0 Å². The van der Waals surface area contributed by atoms with E-state index < -0.39 is 0 Å². The first-order valence-corrected chi connectivity index (χ1v) is 6.54. The Morgan fingerprint density at radius 2 is 1.94 bits per heavy atom. The first kappa shape index (κ1) is 10.3. The zero-order valence-corrected chi connectivity index (χ0v) is 9.73. The Kier molecular flexibility index (Phi) is 2.67. The summed E-state index contributed by atoms with van der Waals surface area (Å²) in [7, 11) is 0. The molecule has 0 aliphatic heterocycles. The van der Waals surface area contributed by atoms with E-state index in [2.05, 4.69) is 15.0 Å². The molecule has 0 spiro atoms. The zero-order valence-electron chi connectivity index (χ0n) is 9.73. The molecule has 2 fully saturated rings. The van der Waals surface area contributed by atoms with E-state index in [0.29, 0.717) is 12.6 Å². The van der Waals surface area contributed by atoms with Gasteiger partial charge in [-0.05, 0) is 32.2 Å². The molecular weight excluding hydrogens is 200 g/mol. The highest BCUT2D eigenvalue weighted by molar-refractivity contribution is 5.21. The van der Waals surface area contributed by atoms with Gasteiger partial charge in [0.2, 0.25) is 0 Å². The molecule has 0 bridgehead atoms. The number of aromatic nitrogens is 3. The lowest BCUT2D eigenvalue weighted by Crippen LogP contribution is -2.11. The van der Waals surface area contributed by atoms with Crippen LogP contribution in [-0.4, -0.2) is 21.5 Å². The van der Waals surface area contributed by atoms with Crippen LogP contribution in [-0.2, 0) is 6.42 Å². The average Bonchev–Trinajstić information content (AvgIpc) is 2.82. The van der Waals surface area contributed by atoms with Crippen LogP contribution in [0.5, 0.6) is 0 Å². The Morgan fingerprint density at radius 1 is 1.19 bits per heavy atom. The van der Waals surface area contributed by atoms with Gasteiger partial charge in [0, 0.05) is 12.3 Å². The SMILES string of the molecule is NCCc1nnn(C2CCCC2)c1C1CC1. The number of rotatable bonds is 4. The van der Waals surface area contributed by atoms with Gasteiger partial charge in [-0.15, -0.1) is 5.10 Å². The molecule has 2 aliphatic carbocycles. The average molecular weight is 220 g/mol. The Bertz CT molecular complexity index is 361. The third-order valence-corrected chi connectivity index (χ3v) is 3.82. The predicted octanol–water partition coefficient (Wildman–Crippen LogP) is 1.77. The minimum Gasteiger partial charge on any atom is -0.330 e.